The van der Waals surface area contributed by atoms with Crippen LogP contribution in [0, 0.1) is 13.8 Å². The predicted octanol–water partition coefficient (Wildman–Crippen LogP) is 3.07. The first-order valence-electron chi connectivity index (χ1n) is 8.29. The minimum absolute atomic E-state index is 0.188. The van der Waals surface area contributed by atoms with Crippen LogP contribution in [0.3, 0.4) is 0 Å². The van der Waals surface area contributed by atoms with Gasteiger partial charge in [0.25, 0.3) is 5.91 Å². The van der Waals surface area contributed by atoms with Crippen molar-refractivity contribution in [2.24, 2.45) is 0 Å². The Bertz CT molecular complexity index is 808. The number of carbonyl (C=O) groups is 2. The molecule has 1 fully saturated rings. The molecule has 0 saturated carbocycles. The minimum atomic E-state index is -0.659. The van der Waals surface area contributed by atoms with Crippen LogP contribution in [-0.2, 0) is 9.59 Å². The van der Waals surface area contributed by atoms with Crippen molar-refractivity contribution in [2.75, 3.05) is 16.9 Å². The molecule has 1 aromatic heterocycles. The van der Waals surface area contributed by atoms with E-state index in [-0.39, 0.29) is 11.8 Å². The maximum Gasteiger partial charge on any atom is 0.264 e. The van der Waals surface area contributed by atoms with E-state index in [2.05, 4.69) is 10.3 Å². The zero-order valence-electron chi connectivity index (χ0n) is 14.9. The topological polar surface area (TPSA) is 71.5 Å². The summed E-state index contributed by atoms with van der Waals surface area (Å²) in [7, 11) is 0. The Morgan fingerprint density at radius 3 is 2.88 bits per heavy atom. The Morgan fingerprint density at radius 1 is 1.38 bits per heavy atom. The molecule has 1 aliphatic heterocycles. The number of nitrogens with one attached hydrogen (secondary N) is 1. The summed E-state index contributed by atoms with van der Waals surface area (Å²) < 4.78 is 5.78. The molecule has 0 bridgehead atoms. The molecule has 0 unspecified atom stereocenters. The summed E-state index contributed by atoms with van der Waals surface area (Å²) in [5.74, 6) is 1.30. The number of hydrogen-bond donors (Lipinski definition) is 1. The van der Waals surface area contributed by atoms with Gasteiger partial charge in [0.05, 0.1) is 5.88 Å². The Labute approximate surface area is 160 Å². The summed E-state index contributed by atoms with van der Waals surface area (Å²) in [6.45, 7) is 5.61. The average Bonchev–Trinajstić information content (AvgIpc) is 3.23. The number of carbonyl (C=O) groups excluding carboxylic acids is 2. The van der Waals surface area contributed by atoms with Gasteiger partial charge in [0.2, 0.25) is 5.91 Å². The van der Waals surface area contributed by atoms with Crippen LogP contribution in [0.15, 0.2) is 30.5 Å². The molecule has 1 saturated heterocycles. The van der Waals surface area contributed by atoms with Crippen molar-refractivity contribution in [3.63, 3.8) is 0 Å². The Morgan fingerprint density at radius 2 is 2.19 bits per heavy atom. The molecule has 0 aliphatic carbocycles. The highest BCUT2D eigenvalue weighted by Gasteiger charge is 2.37. The molecule has 0 spiro atoms. The number of aryl methyl sites for hydroxylation is 2. The van der Waals surface area contributed by atoms with Gasteiger partial charge in [-0.3, -0.25) is 9.59 Å². The maximum absolute atomic E-state index is 12.8. The molecule has 0 radical (unpaired) electrons. The number of rotatable bonds is 5. The van der Waals surface area contributed by atoms with E-state index in [1.165, 1.54) is 11.3 Å². The van der Waals surface area contributed by atoms with Crippen LogP contribution in [0.25, 0.3) is 0 Å². The van der Waals surface area contributed by atoms with E-state index in [0.717, 1.165) is 10.4 Å². The summed E-state index contributed by atoms with van der Waals surface area (Å²) in [4.78, 5) is 32.1. The average molecular weight is 392 g/mol. The highest BCUT2D eigenvalue weighted by Crippen LogP contribution is 2.25. The van der Waals surface area contributed by atoms with Gasteiger partial charge in [-0.05, 0) is 38.5 Å². The van der Waals surface area contributed by atoms with Crippen molar-refractivity contribution >= 4 is 40.0 Å². The second kappa shape index (κ2) is 8.09. The lowest BCUT2D eigenvalue weighted by Gasteiger charge is -2.26. The number of nitrogens with zero attached hydrogens (tertiary/aromatic N) is 2. The van der Waals surface area contributed by atoms with Gasteiger partial charge in [-0.2, -0.15) is 0 Å². The van der Waals surface area contributed by atoms with E-state index in [4.69, 9.17) is 4.74 Å². The molecule has 1 aliphatic rings. The van der Waals surface area contributed by atoms with Crippen molar-refractivity contribution in [3.05, 3.63) is 40.9 Å². The third-order valence-electron chi connectivity index (χ3n) is 3.97. The van der Waals surface area contributed by atoms with E-state index < -0.39 is 12.1 Å². The molecule has 2 heterocycles. The first-order chi connectivity index (χ1) is 12.4. The summed E-state index contributed by atoms with van der Waals surface area (Å²) in [5, 5.41) is 3.36. The first kappa shape index (κ1) is 18.7. The number of ether oxygens (including phenoxy) is 1. The van der Waals surface area contributed by atoms with E-state index in [9.17, 15) is 9.59 Å². The minimum Gasteiger partial charge on any atom is -0.481 e. The van der Waals surface area contributed by atoms with Crippen molar-refractivity contribution in [1.29, 1.82) is 0 Å². The van der Waals surface area contributed by atoms with Crippen molar-refractivity contribution in [2.45, 2.75) is 32.9 Å². The van der Waals surface area contributed by atoms with Gasteiger partial charge in [-0.1, -0.05) is 12.1 Å². The third kappa shape index (κ3) is 4.37. The summed E-state index contributed by atoms with van der Waals surface area (Å²) in [6, 6.07) is 7.05. The lowest BCUT2D eigenvalue weighted by Crippen LogP contribution is -2.48. The molecule has 2 atom stereocenters. The number of aromatic nitrogens is 1. The molecular formula is C18H21N3O3S2. The van der Waals surface area contributed by atoms with E-state index in [1.54, 1.807) is 29.8 Å². The number of hydrogen-bond acceptors (Lipinski definition) is 6. The Kier molecular flexibility index (Phi) is 5.83. The monoisotopic (exact) mass is 391 g/mol. The van der Waals surface area contributed by atoms with Crippen LogP contribution in [-0.4, -0.2) is 45.5 Å². The van der Waals surface area contributed by atoms with Crippen LogP contribution >= 0.6 is 23.1 Å². The Balaban J connectivity index is 1.64. The molecule has 1 aromatic carbocycles. The van der Waals surface area contributed by atoms with Crippen LogP contribution in [0.5, 0.6) is 5.75 Å². The van der Waals surface area contributed by atoms with E-state index in [1.807, 2.05) is 38.1 Å². The van der Waals surface area contributed by atoms with Gasteiger partial charge in [0.1, 0.15) is 11.8 Å². The number of thiazole rings is 1. The molecule has 2 amide bonds. The molecular weight excluding hydrogens is 370 g/mol. The molecule has 138 valence electrons. The quantitative estimate of drug-likeness (QED) is 0.848. The fraction of sp³-hybridized carbons (Fsp3) is 0.389. The molecule has 6 nitrogen and oxygen atoms in total. The van der Waals surface area contributed by atoms with Crippen molar-refractivity contribution < 1.29 is 14.3 Å². The molecule has 2 aromatic rings. The largest absolute Gasteiger partial charge is 0.481 e. The SMILES string of the molecule is Cc1cccc(O[C@@H](C)C(=O)N2CSC[C@@H]2C(=O)Nc2ncc(C)s2)c1. The predicted molar refractivity (Wildman–Crippen MR) is 105 cm³/mol. The zero-order valence-corrected chi connectivity index (χ0v) is 16.5. The van der Waals surface area contributed by atoms with Gasteiger partial charge in [0.15, 0.2) is 11.2 Å². The fourth-order valence-corrected chi connectivity index (χ4v) is 4.49. The number of thioether (sulfide) groups is 1. The normalized spacial score (nSPS) is 17.8. The van der Waals surface area contributed by atoms with Gasteiger partial charge < -0.3 is 15.0 Å². The first-order valence-corrected chi connectivity index (χ1v) is 10.3. The summed E-state index contributed by atoms with van der Waals surface area (Å²) >= 11 is 2.98. The standard InChI is InChI=1S/C18H21N3O3S2/c1-11-5-4-6-14(7-11)24-13(3)17(23)21-10-25-9-15(21)16(22)20-18-19-8-12(2)26-18/h4-8,13,15H,9-10H2,1-3H3,(H,19,20,22)/t13-,15+/m0/s1. The molecule has 26 heavy (non-hydrogen) atoms. The van der Waals surface area contributed by atoms with Crippen LogP contribution < -0.4 is 10.1 Å². The van der Waals surface area contributed by atoms with Gasteiger partial charge in [-0.25, -0.2) is 4.98 Å². The maximum atomic E-state index is 12.8. The van der Waals surface area contributed by atoms with Crippen LogP contribution in [0.2, 0.25) is 0 Å². The lowest BCUT2D eigenvalue weighted by atomic mass is 10.2. The van der Waals surface area contributed by atoms with Crippen molar-refractivity contribution in [3.8, 4) is 5.75 Å². The van der Waals surface area contributed by atoms with Gasteiger partial charge in [-0.15, -0.1) is 23.1 Å². The Hall–Kier alpha value is -2.06. The van der Waals surface area contributed by atoms with Gasteiger partial charge in [0, 0.05) is 16.8 Å². The highest BCUT2D eigenvalue weighted by atomic mass is 32.2. The summed E-state index contributed by atoms with van der Waals surface area (Å²) in [6.07, 6.45) is 1.05. The van der Waals surface area contributed by atoms with Crippen LogP contribution in [0.1, 0.15) is 17.4 Å². The highest BCUT2D eigenvalue weighted by molar-refractivity contribution is 7.99. The number of benzene rings is 1. The molecule has 1 N–H and O–H groups in total. The lowest BCUT2D eigenvalue weighted by molar-refractivity contribution is -0.141. The van der Waals surface area contributed by atoms with Gasteiger partial charge >= 0.3 is 0 Å². The fourth-order valence-electron chi connectivity index (χ4n) is 2.65. The number of amides is 2. The molecule has 3 rings (SSSR count). The van der Waals surface area contributed by atoms with Crippen LogP contribution in [0.4, 0.5) is 5.13 Å². The molecule has 8 heteroatoms. The second-order valence-electron chi connectivity index (χ2n) is 6.17. The third-order valence-corrected chi connectivity index (χ3v) is 5.81. The van der Waals surface area contributed by atoms with E-state index in [0.29, 0.717) is 22.5 Å². The summed E-state index contributed by atoms with van der Waals surface area (Å²) in [5.41, 5.74) is 1.06. The second-order valence-corrected chi connectivity index (χ2v) is 8.40. The number of anilines is 1. The zero-order chi connectivity index (χ0) is 18.7. The van der Waals surface area contributed by atoms with Crippen molar-refractivity contribution in [1.82, 2.24) is 9.88 Å². The van der Waals surface area contributed by atoms with E-state index >= 15 is 0 Å². The smallest absolute Gasteiger partial charge is 0.264 e.